The number of aryl methyl sites for hydroxylation is 1. The van der Waals surface area contributed by atoms with Crippen LogP contribution in [0.3, 0.4) is 0 Å². The minimum Gasteiger partial charge on any atom is -0.377 e. The molecule has 1 aromatic carbocycles. The Balaban J connectivity index is 1.19. The fraction of sp³-hybridized carbons (Fsp3) is 0.571. The Morgan fingerprint density at radius 3 is 2.85 bits per heavy atom. The highest BCUT2D eigenvalue weighted by molar-refractivity contribution is 5.83. The number of hydrogen-bond acceptors (Lipinski definition) is 3. The summed E-state index contributed by atoms with van der Waals surface area (Å²) in [6.45, 7) is 5.63. The highest BCUT2D eigenvalue weighted by Gasteiger charge is 2.24. The second-order valence-corrected chi connectivity index (χ2v) is 7.53. The number of fused-ring (bicyclic) bond motifs is 1. The first kappa shape index (κ1) is 17.6. The van der Waals surface area contributed by atoms with E-state index in [2.05, 4.69) is 34.3 Å². The first-order valence-electron chi connectivity index (χ1n) is 9.96. The normalized spacial score (nSPS) is 21.5. The van der Waals surface area contributed by atoms with Crippen molar-refractivity contribution in [2.45, 2.75) is 38.2 Å². The van der Waals surface area contributed by atoms with Crippen molar-refractivity contribution < 1.29 is 9.53 Å². The predicted octanol–water partition coefficient (Wildman–Crippen LogP) is 2.81. The fourth-order valence-corrected chi connectivity index (χ4v) is 4.18. The van der Waals surface area contributed by atoms with Crippen LogP contribution in [-0.4, -0.2) is 66.1 Å². The predicted molar refractivity (Wildman–Crippen MR) is 103 cm³/mol. The van der Waals surface area contributed by atoms with Crippen LogP contribution in [0.5, 0.6) is 0 Å². The third-order valence-corrected chi connectivity index (χ3v) is 5.72. The minimum atomic E-state index is 0.307. The van der Waals surface area contributed by atoms with Crippen LogP contribution in [0, 0.1) is 0 Å². The van der Waals surface area contributed by atoms with Gasteiger partial charge in [-0.25, -0.2) is 0 Å². The Kier molecular flexibility index (Phi) is 5.56. The maximum atomic E-state index is 12.5. The monoisotopic (exact) mass is 355 g/mol. The fourth-order valence-electron chi connectivity index (χ4n) is 4.18. The number of rotatable bonds is 6. The number of nitrogens with one attached hydrogen (secondary N) is 1. The number of hydrogen-bond donors (Lipinski definition) is 1. The van der Waals surface area contributed by atoms with Gasteiger partial charge < -0.3 is 14.6 Å². The van der Waals surface area contributed by atoms with Crippen LogP contribution in [0.1, 0.15) is 31.2 Å². The van der Waals surface area contributed by atoms with Gasteiger partial charge in [-0.15, -0.1) is 0 Å². The first-order chi connectivity index (χ1) is 12.8. The van der Waals surface area contributed by atoms with Gasteiger partial charge in [-0.3, -0.25) is 9.69 Å². The van der Waals surface area contributed by atoms with Gasteiger partial charge in [0.25, 0.3) is 0 Å². The van der Waals surface area contributed by atoms with Crippen molar-refractivity contribution in [3.63, 3.8) is 0 Å². The zero-order valence-corrected chi connectivity index (χ0v) is 15.5. The SMILES string of the molecule is O=C(CCCc1c[nH]c2ccccc12)N1CCN(C[C@@H]2CCCO2)CC1. The van der Waals surface area contributed by atoms with E-state index in [4.69, 9.17) is 4.74 Å². The summed E-state index contributed by atoms with van der Waals surface area (Å²) in [4.78, 5) is 20.3. The summed E-state index contributed by atoms with van der Waals surface area (Å²) >= 11 is 0. The lowest BCUT2D eigenvalue weighted by molar-refractivity contribution is -0.133. The zero-order chi connectivity index (χ0) is 17.8. The largest absolute Gasteiger partial charge is 0.377 e. The van der Waals surface area contributed by atoms with Gasteiger partial charge in [0.1, 0.15) is 0 Å². The van der Waals surface area contributed by atoms with E-state index in [1.54, 1.807) is 0 Å². The number of benzene rings is 1. The van der Waals surface area contributed by atoms with E-state index in [-0.39, 0.29) is 0 Å². The summed E-state index contributed by atoms with van der Waals surface area (Å²) in [6.07, 6.45) is 7.39. The maximum absolute atomic E-state index is 12.5. The molecule has 3 heterocycles. The molecule has 2 aliphatic heterocycles. The average Bonchev–Trinajstić information content (AvgIpc) is 3.32. The Labute approximate surface area is 155 Å². The number of carbonyl (C=O) groups excluding carboxylic acids is 1. The van der Waals surface area contributed by atoms with Gasteiger partial charge in [-0.1, -0.05) is 18.2 Å². The topological polar surface area (TPSA) is 48.6 Å². The number of nitrogens with zero attached hydrogens (tertiary/aromatic N) is 2. The number of H-pyrrole nitrogens is 1. The van der Waals surface area contributed by atoms with Gasteiger partial charge in [-0.2, -0.15) is 0 Å². The van der Waals surface area contributed by atoms with Gasteiger partial charge in [0, 0.05) is 62.9 Å². The third-order valence-electron chi connectivity index (χ3n) is 5.72. The van der Waals surface area contributed by atoms with Crippen LogP contribution in [0.15, 0.2) is 30.5 Å². The quantitative estimate of drug-likeness (QED) is 0.867. The van der Waals surface area contributed by atoms with Crippen molar-refractivity contribution in [3.8, 4) is 0 Å². The van der Waals surface area contributed by atoms with Crippen LogP contribution < -0.4 is 0 Å². The van der Waals surface area contributed by atoms with Crippen molar-refractivity contribution in [2.75, 3.05) is 39.3 Å². The Morgan fingerprint density at radius 1 is 1.19 bits per heavy atom. The lowest BCUT2D eigenvalue weighted by Crippen LogP contribution is -2.50. The van der Waals surface area contributed by atoms with Gasteiger partial charge in [0.2, 0.25) is 5.91 Å². The van der Waals surface area contributed by atoms with E-state index in [0.717, 1.165) is 52.2 Å². The molecule has 1 aromatic heterocycles. The number of aromatic amines is 1. The third kappa shape index (κ3) is 4.10. The summed E-state index contributed by atoms with van der Waals surface area (Å²) < 4.78 is 5.72. The lowest BCUT2D eigenvalue weighted by atomic mass is 10.1. The van der Waals surface area contributed by atoms with Gasteiger partial charge in [0.15, 0.2) is 0 Å². The molecule has 0 unspecified atom stereocenters. The van der Waals surface area contributed by atoms with E-state index >= 15 is 0 Å². The first-order valence-corrected chi connectivity index (χ1v) is 9.96. The molecule has 2 fully saturated rings. The van der Waals surface area contributed by atoms with Crippen LogP contribution in [0.25, 0.3) is 10.9 Å². The highest BCUT2D eigenvalue weighted by atomic mass is 16.5. The molecular formula is C21H29N3O2. The number of aromatic nitrogens is 1. The summed E-state index contributed by atoms with van der Waals surface area (Å²) in [6, 6.07) is 8.36. The van der Waals surface area contributed by atoms with E-state index in [0.29, 0.717) is 18.4 Å². The summed E-state index contributed by atoms with van der Waals surface area (Å²) in [7, 11) is 0. The number of ether oxygens (including phenoxy) is 1. The van der Waals surface area contributed by atoms with Crippen LogP contribution in [0.4, 0.5) is 0 Å². The maximum Gasteiger partial charge on any atom is 0.222 e. The molecule has 1 atom stereocenters. The number of carbonyl (C=O) groups is 1. The molecule has 140 valence electrons. The van der Waals surface area contributed by atoms with Crippen molar-refractivity contribution in [3.05, 3.63) is 36.0 Å². The van der Waals surface area contributed by atoms with Crippen molar-refractivity contribution in [1.29, 1.82) is 0 Å². The molecule has 5 heteroatoms. The molecular weight excluding hydrogens is 326 g/mol. The Hall–Kier alpha value is -1.85. The lowest BCUT2D eigenvalue weighted by Gasteiger charge is -2.35. The second-order valence-electron chi connectivity index (χ2n) is 7.53. The average molecular weight is 355 g/mol. The van der Waals surface area contributed by atoms with E-state index in [1.165, 1.54) is 29.3 Å². The summed E-state index contributed by atoms with van der Waals surface area (Å²) in [5.74, 6) is 0.307. The number of amides is 1. The second kappa shape index (κ2) is 8.23. The zero-order valence-electron chi connectivity index (χ0n) is 15.5. The molecule has 26 heavy (non-hydrogen) atoms. The molecule has 0 aliphatic carbocycles. The number of para-hydroxylation sites is 1. The molecule has 5 nitrogen and oxygen atoms in total. The summed E-state index contributed by atoms with van der Waals surface area (Å²) in [5, 5.41) is 1.28. The summed E-state index contributed by atoms with van der Waals surface area (Å²) in [5.41, 5.74) is 2.49. The molecule has 0 bridgehead atoms. The van der Waals surface area contributed by atoms with Crippen LogP contribution in [-0.2, 0) is 16.0 Å². The molecule has 0 saturated carbocycles. The molecule has 0 spiro atoms. The van der Waals surface area contributed by atoms with Crippen LogP contribution >= 0.6 is 0 Å². The molecule has 2 saturated heterocycles. The van der Waals surface area contributed by atoms with Gasteiger partial charge >= 0.3 is 0 Å². The smallest absolute Gasteiger partial charge is 0.222 e. The Morgan fingerprint density at radius 2 is 2.04 bits per heavy atom. The van der Waals surface area contributed by atoms with Crippen molar-refractivity contribution >= 4 is 16.8 Å². The van der Waals surface area contributed by atoms with Crippen molar-refractivity contribution in [1.82, 2.24) is 14.8 Å². The molecule has 1 N–H and O–H groups in total. The number of piperazine rings is 1. The van der Waals surface area contributed by atoms with E-state index in [9.17, 15) is 4.79 Å². The molecule has 0 radical (unpaired) electrons. The Bertz CT molecular complexity index is 728. The van der Waals surface area contributed by atoms with Gasteiger partial charge in [0.05, 0.1) is 6.10 Å². The van der Waals surface area contributed by atoms with E-state index in [1.807, 2.05) is 11.0 Å². The molecule has 4 rings (SSSR count). The highest BCUT2D eigenvalue weighted by Crippen LogP contribution is 2.20. The molecule has 2 aromatic rings. The minimum absolute atomic E-state index is 0.307. The molecule has 1 amide bonds. The van der Waals surface area contributed by atoms with Crippen LogP contribution in [0.2, 0.25) is 0 Å². The molecule has 2 aliphatic rings. The van der Waals surface area contributed by atoms with Crippen molar-refractivity contribution in [2.24, 2.45) is 0 Å². The van der Waals surface area contributed by atoms with Gasteiger partial charge in [-0.05, 0) is 37.3 Å². The van der Waals surface area contributed by atoms with E-state index < -0.39 is 0 Å². The standard InChI is InChI=1S/C21H29N3O2/c25-21(9-3-5-17-15-22-20-8-2-1-7-19(17)20)24-12-10-23(11-13-24)16-18-6-4-14-26-18/h1-2,7-8,15,18,22H,3-6,9-14,16H2/t18-/m0/s1.